The predicted octanol–water partition coefficient (Wildman–Crippen LogP) is 5.21. The van der Waals surface area contributed by atoms with Crippen molar-refractivity contribution in [3.63, 3.8) is 0 Å². The van der Waals surface area contributed by atoms with Crippen LogP contribution in [0, 0.1) is 6.92 Å². The molecule has 0 fully saturated rings. The Labute approximate surface area is 178 Å². The lowest BCUT2D eigenvalue weighted by atomic mass is 10.1. The van der Waals surface area contributed by atoms with Gasteiger partial charge in [0.2, 0.25) is 0 Å². The van der Waals surface area contributed by atoms with Gasteiger partial charge in [-0.1, -0.05) is 58.7 Å². The van der Waals surface area contributed by atoms with Gasteiger partial charge in [-0.15, -0.1) is 10.2 Å². The minimum absolute atomic E-state index is 0.141. The van der Waals surface area contributed by atoms with Crippen molar-refractivity contribution in [2.24, 2.45) is 7.05 Å². The number of hydrogen-bond donors (Lipinski definition) is 1. The number of rotatable bonds is 6. The molecule has 0 bridgehead atoms. The van der Waals surface area contributed by atoms with Crippen LogP contribution in [0.2, 0.25) is 10.0 Å². The monoisotopic (exact) mass is 434 g/mol. The molecule has 0 aliphatic heterocycles. The Morgan fingerprint density at radius 3 is 2.57 bits per heavy atom. The first-order valence-electron chi connectivity index (χ1n) is 8.68. The van der Waals surface area contributed by atoms with Crippen LogP contribution in [0.3, 0.4) is 0 Å². The summed E-state index contributed by atoms with van der Waals surface area (Å²) in [6, 6.07) is 12.6. The van der Waals surface area contributed by atoms with Crippen LogP contribution in [0.5, 0.6) is 0 Å². The van der Waals surface area contributed by atoms with E-state index in [1.54, 1.807) is 6.07 Å². The fraction of sp³-hybridized carbons (Fsp3) is 0.250. The second-order valence-electron chi connectivity index (χ2n) is 6.49. The largest absolute Gasteiger partial charge is 0.342 e. The molecule has 0 spiro atoms. The van der Waals surface area contributed by atoms with E-state index in [9.17, 15) is 4.79 Å². The minimum Gasteiger partial charge on any atom is -0.342 e. The summed E-state index contributed by atoms with van der Waals surface area (Å²) in [5.41, 5.74) is 2.70. The number of hydrogen-bond acceptors (Lipinski definition) is 4. The third kappa shape index (κ3) is 4.87. The third-order valence-corrected chi connectivity index (χ3v) is 5.95. The lowest BCUT2D eigenvalue weighted by molar-refractivity contribution is 0.0937. The van der Waals surface area contributed by atoms with E-state index in [2.05, 4.69) is 15.5 Å². The fourth-order valence-corrected chi connectivity index (χ4v) is 4.14. The topological polar surface area (TPSA) is 59.8 Å². The second-order valence-corrected chi connectivity index (χ2v) is 8.27. The zero-order valence-corrected chi connectivity index (χ0v) is 18.1. The molecule has 1 amide bonds. The molecule has 0 radical (unpaired) electrons. The number of benzene rings is 2. The minimum atomic E-state index is -0.278. The molecule has 3 aromatic rings. The number of thioether (sulfide) groups is 1. The van der Waals surface area contributed by atoms with E-state index < -0.39 is 0 Å². The van der Waals surface area contributed by atoms with Crippen molar-refractivity contribution < 1.29 is 4.79 Å². The molecule has 1 aromatic heterocycles. The van der Waals surface area contributed by atoms with Crippen molar-refractivity contribution >= 4 is 40.9 Å². The van der Waals surface area contributed by atoms with Crippen LogP contribution in [0.4, 0.5) is 0 Å². The molecular formula is C20H20Cl2N4OS. The summed E-state index contributed by atoms with van der Waals surface area (Å²) in [5, 5.41) is 13.4. The maximum absolute atomic E-state index is 12.4. The molecule has 28 heavy (non-hydrogen) atoms. The lowest BCUT2D eigenvalue weighted by Gasteiger charge is -2.14. The smallest absolute Gasteiger partial charge is 0.251 e. The van der Waals surface area contributed by atoms with E-state index in [1.165, 1.54) is 11.8 Å². The van der Waals surface area contributed by atoms with Crippen LogP contribution in [-0.4, -0.2) is 20.7 Å². The zero-order chi connectivity index (χ0) is 20.3. The molecule has 1 N–H and O–H groups in total. The van der Waals surface area contributed by atoms with Crippen molar-refractivity contribution in [1.82, 2.24) is 20.1 Å². The first kappa shape index (κ1) is 20.7. The number of aryl methyl sites for hydroxylation is 1. The van der Waals surface area contributed by atoms with Gasteiger partial charge >= 0.3 is 0 Å². The average molecular weight is 435 g/mol. The molecule has 0 aliphatic carbocycles. The highest BCUT2D eigenvalue weighted by molar-refractivity contribution is 7.98. The number of carbonyl (C=O) groups excluding carboxylic acids is 1. The van der Waals surface area contributed by atoms with E-state index in [0.29, 0.717) is 27.2 Å². The first-order chi connectivity index (χ1) is 13.3. The molecule has 1 unspecified atom stereocenters. The molecule has 3 rings (SSSR count). The number of amides is 1. The van der Waals surface area contributed by atoms with Crippen LogP contribution in [0.25, 0.3) is 0 Å². The number of carbonyl (C=O) groups is 1. The van der Waals surface area contributed by atoms with Gasteiger partial charge in [-0.25, -0.2) is 0 Å². The quantitative estimate of drug-likeness (QED) is 0.540. The molecule has 0 saturated heterocycles. The first-order valence-corrected chi connectivity index (χ1v) is 10.4. The van der Waals surface area contributed by atoms with E-state index >= 15 is 0 Å². The molecule has 0 aliphatic rings. The Kier molecular flexibility index (Phi) is 6.65. The summed E-state index contributed by atoms with van der Waals surface area (Å²) in [5.74, 6) is 1.19. The maximum Gasteiger partial charge on any atom is 0.251 e. The van der Waals surface area contributed by atoms with Crippen LogP contribution in [0.1, 0.15) is 40.3 Å². The highest BCUT2D eigenvalue weighted by Gasteiger charge is 2.18. The van der Waals surface area contributed by atoms with Gasteiger partial charge in [0.15, 0.2) is 11.0 Å². The van der Waals surface area contributed by atoms with Gasteiger partial charge in [-0.3, -0.25) is 4.79 Å². The van der Waals surface area contributed by atoms with Crippen molar-refractivity contribution in [3.05, 3.63) is 75.0 Å². The Hall–Kier alpha value is -2.02. The van der Waals surface area contributed by atoms with E-state index in [4.69, 9.17) is 23.2 Å². The Morgan fingerprint density at radius 2 is 1.89 bits per heavy atom. The highest BCUT2D eigenvalue weighted by Crippen LogP contribution is 2.28. The summed E-state index contributed by atoms with van der Waals surface area (Å²) in [6.45, 7) is 3.88. The van der Waals surface area contributed by atoms with Gasteiger partial charge in [0.25, 0.3) is 5.91 Å². The molecule has 1 atom stereocenters. The van der Waals surface area contributed by atoms with Gasteiger partial charge < -0.3 is 9.88 Å². The average Bonchev–Trinajstić information content (AvgIpc) is 3.02. The zero-order valence-electron chi connectivity index (χ0n) is 15.7. The van der Waals surface area contributed by atoms with Crippen LogP contribution in [0.15, 0.2) is 47.6 Å². The SMILES string of the molecule is Cc1ccc(C(=O)NC(C)c2nnc(SCc3ccc(Cl)cc3Cl)n2C)cc1. The predicted molar refractivity (Wildman–Crippen MR) is 114 cm³/mol. The highest BCUT2D eigenvalue weighted by atomic mass is 35.5. The Morgan fingerprint density at radius 1 is 1.18 bits per heavy atom. The summed E-state index contributed by atoms with van der Waals surface area (Å²) < 4.78 is 1.88. The van der Waals surface area contributed by atoms with E-state index in [0.717, 1.165) is 16.3 Å². The van der Waals surface area contributed by atoms with E-state index in [1.807, 2.05) is 61.9 Å². The van der Waals surface area contributed by atoms with Gasteiger partial charge in [0.1, 0.15) is 0 Å². The third-order valence-electron chi connectivity index (χ3n) is 4.29. The molecule has 0 saturated carbocycles. The summed E-state index contributed by atoms with van der Waals surface area (Å²) in [4.78, 5) is 12.4. The van der Waals surface area contributed by atoms with Gasteiger partial charge in [0, 0.05) is 28.4 Å². The number of aromatic nitrogens is 3. The number of nitrogens with zero attached hydrogens (tertiary/aromatic N) is 3. The van der Waals surface area contributed by atoms with Crippen molar-refractivity contribution in [3.8, 4) is 0 Å². The fourth-order valence-electron chi connectivity index (χ4n) is 2.66. The summed E-state index contributed by atoms with van der Waals surface area (Å²) >= 11 is 13.7. The molecular weight excluding hydrogens is 415 g/mol. The standard InChI is InChI=1S/C20H20Cl2N4OS/c1-12-4-6-14(7-5-12)19(27)23-13(2)18-24-25-20(26(18)3)28-11-15-8-9-16(21)10-17(15)22/h4-10,13H,11H2,1-3H3,(H,23,27). The van der Waals surface area contributed by atoms with E-state index in [-0.39, 0.29) is 11.9 Å². The summed E-state index contributed by atoms with van der Waals surface area (Å²) in [7, 11) is 1.88. The number of halogens is 2. The van der Waals surface area contributed by atoms with Gasteiger partial charge in [-0.05, 0) is 43.7 Å². The maximum atomic E-state index is 12.4. The molecule has 1 heterocycles. The normalized spacial score (nSPS) is 12.0. The van der Waals surface area contributed by atoms with Crippen molar-refractivity contribution in [1.29, 1.82) is 0 Å². The number of nitrogens with one attached hydrogen (secondary N) is 1. The van der Waals surface area contributed by atoms with Crippen LogP contribution in [-0.2, 0) is 12.8 Å². The second kappa shape index (κ2) is 8.99. The Balaban J connectivity index is 1.66. The molecule has 2 aromatic carbocycles. The van der Waals surface area contributed by atoms with Gasteiger partial charge in [-0.2, -0.15) is 0 Å². The summed E-state index contributed by atoms with van der Waals surface area (Å²) in [6.07, 6.45) is 0. The van der Waals surface area contributed by atoms with Crippen LogP contribution >= 0.6 is 35.0 Å². The van der Waals surface area contributed by atoms with Crippen LogP contribution < -0.4 is 5.32 Å². The molecule has 146 valence electrons. The molecule has 5 nitrogen and oxygen atoms in total. The molecule has 8 heteroatoms. The lowest BCUT2D eigenvalue weighted by Crippen LogP contribution is -2.28. The Bertz CT molecular complexity index is 988. The van der Waals surface area contributed by atoms with Gasteiger partial charge in [0.05, 0.1) is 6.04 Å². The van der Waals surface area contributed by atoms with Crippen molar-refractivity contribution in [2.45, 2.75) is 30.8 Å². The van der Waals surface area contributed by atoms with Crippen molar-refractivity contribution in [2.75, 3.05) is 0 Å².